The van der Waals surface area contributed by atoms with Crippen LogP contribution in [0.3, 0.4) is 0 Å². The van der Waals surface area contributed by atoms with Crippen molar-refractivity contribution in [3.8, 4) is 0 Å². The third kappa shape index (κ3) is 2.87. The first kappa shape index (κ1) is 13.0. The number of carbonyl (C=O) groups is 2. The maximum absolute atomic E-state index is 11.8. The van der Waals surface area contributed by atoms with Gasteiger partial charge < -0.3 is 14.8 Å². The Morgan fingerprint density at radius 2 is 2.39 bits per heavy atom. The number of amides is 1. The molecule has 98 valence electrons. The van der Waals surface area contributed by atoms with Gasteiger partial charge in [0.1, 0.15) is 11.3 Å². The van der Waals surface area contributed by atoms with Gasteiger partial charge in [-0.2, -0.15) is 11.8 Å². The number of carbonyl (C=O) groups excluding carboxylic acids is 1. The number of carboxylic acid groups (broad SMARTS) is 1. The van der Waals surface area contributed by atoms with Crippen molar-refractivity contribution >= 4 is 23.6 Å². The highest BCUT2D eigenvalue weighted by Gasteiger charge is 2.43. The van der Waals surface area contributed by atoms with E-state index in [9.17, 15) is 14.7 Å². The lowest BCUT2D eigenvalue weighted by molar-refractivity contribution is -0.146. The minimum absolute atomic E-state index is 0.240. The van der Waals surface area contributed by atoms with Gasteiger partial charge in [-0.25, -0.2) is 4.79 Å². The first-order valence-corrected chi connectivity index (χ1v) is 6.92. The molecule has 0 saturated carbocycles. The zero-order valence-electron chi connectivity index (χ0n) is 9.85. The number of hydrogen-bond acceptors (Lipinski definition) is 4. The Labute approximate surface area is 109 Å². The van der Waals surface area contributed by atoms with Crippen LogP contribution in [0.1, 0.15) is 18.6 Å². The Bertz CT molecular complexity index is 423. The van der Waals surface area contributed by atoms with Gasteiger partial charge in [-0.1, -0.05) is 0 Å². The number of nitrogens with one attached hydrogen (secondary N) is 1. The number of thioether (sulfide) groups is 1. The van der Waals surface area contributed by atoms with Gasteiger partial charge in [-0.15, -0.1) is 0 Å². The molecule has 6 heteroatoms. The summed E-state index contributed by atoms with van der Waals surface area (Å²) < 4.78 is 5.13. The highest BCUT2D eigenvalue weighted by Crippen LogP contribution is 2.28. The van der Waals surface area contributed by atoms with Crippen molar-refractivity contribution in [2.75, 3.05) is 11.5 Å². The van der Waals surface area contributed by atoms with Crippen molar-refractivity contribution < 1.29 is 19.1 Å². The largest absolute Gasteiger partial charge is 0.479 e. The van der Waals surface area contributed by atoms with E-state index in [0.29, 0.717) is 18.6 Å². The molecule has 0 unspecified atom stereocenters. The third-order valence-corrected chi connectivity index (χ3v) is 4.18. The van der Waals surface area contributed by atoms with Crippen LogP contribution in [0.5, 0.6) is 0 Å². The molecule has 1 aromatic rings. The molecule has 0 spiro atoms. The van der Waals surface area contributed by atoms with E-state index < -0.39 is 11.5 Å². The summed E-state index contributed by atoms with van der Waals surface area (Å²) in [6, 6.07) is 3.56. The van der Waals surface area contributed by atoms with E-state index in [4.69, 9.17) is 4.42 Å². The molecule has 5 nitrogen and oxygen atoms in total. The smallest absolute Gasteiger partial charge is 0.330 e. The summed E-state index contributed by atoms with van der Waals surface area (Å²) >= 11 is 1.55. The highest BCUT2D eigenvalue weighted by molar-refractivity contribution is 7.99. The fourth-order valence-electron chi connectivity index (χ4n) is 1.91. The first-order valence-electron chi connectivity index (χ1n) is 5.77. The minimum Gasteiger partial charge on any atom is -0.479 e. The summed E-state index contributed by atoms with van der Waals surface area (Å²) in [6.45, 7) is 0. The van der Waals surface area contributed by atoms with Crippen LogP contribution in [0.2, 0.25) is 0 Å². The van der Waals surface area contributed by atoms with Crippen LogP contribution >= 0.6 is 11.8 Å². The molecule has 2 heterocycles. The summed E-state index contributed by atoms with van der Waals surface area (Å²) in [5.74, 6) is 0.755. The van der Waals surface area contributed by atoms with Crippen LogP contribution in [0, 0.1) is 0 Å². The van der Waals surface area contributed by atoms with E-state index in [1.165, 1.54) is 0 Å². The minimum atomic E-state index is -1.08. The molecule has 2 N–H and O–H groups in total. The molecule has 1 atom stereocenters. The molecular formula is C12H15NO4S. The van der Waals surface area contributed by atoms with Gasteiger partial charge in [0.05, 0.1) is 6.26 Å². The standard InChI is InChI=1S/C12H15NO4S/c14-10(4-3-9-2-1-6-17-9)13-12(11(15)16)5-7-18-8-12/h1-2,6H,3-5,7-8H2,(H,13,14)(H,15,16)/t12-/m0/s1. The van der Waals surface area contributed by atoms with Crippen LogP contribution in [0.25, 0.3) is 0 Å². The average Bonchev–Trinajstić information content (AvgIpc) is 2.97. The van der Waals surface area contributed by atoms with Gasteiger partial charge in [0.2, 0.25) is 5.91 Å². The number of rotatable bonds is 5. The third-order valence-electron chi connectivity index (χ3n) is 2.99. The summed E-state index contributed by atoms with van der Waals surface area (Å²) in [4.78, 5) is 23.0. The molecule has 18 heavy (non-hydrogen) atoms. The van der Waals surface area contributed by atoms with Gasteiger partial charge in [0.15, 0.2) is 0 Å². The van der Waals surface area contributed by atoms with Crippen molar-refractivity contribution in [2.45, 2.75) is 24.8 Å². The monoisotopic (exact) mass is 269 g/mol. The van der Waals surface area contributed by atoms with Crippen molar-refractivity contribution in [3.63, 3.8) is 0 Å². The molecule has 1 aliphatic heterocycles. The second-order valence-electron chi connectivity index (χ2n) is 4.32. The van der Waals surface area contributed by atoms with Gasteiger partial charge in [0.25, 0.3) is 0 Å². The fourth-order valence-corrected chi connectivity index (χ4v) is 3.23. The Morgan fingerprint density at radius 3 is 2.94 bits per heavy atom. The zero-order valence-corrected chi connectivity index (χ0v) is 10.7. The summed E-state index contributed by atoms with van der Waals surface area (Å²) in [7, 11) is 0. The lowest BCUT2D eigenvalue weighted by Gasteiger charge is -2.24. The number of carboxylic acids is 1. The molecule has 1 aliphatic rings. The van der Waals surface area contributed by atoms with Gasteiger partial charge in [-0.3, -0.25) is 4.79 Å². The van der Waals surface area contributed by atoms with Crippen LogP contribution in [0.15, 0.2) is 22.8 Å². The molecule has 2 rings (SSSR count). The predicted molar refractivity (Wildman–Crippen MR) is 67.5 cm³/mol. The molecule has 0 aliphatic carbocycles. The van der Waals surface area contributed by atoms with E-state index >= 15 is 0 Å². The van der Waals surface area contributed by atoms with Gasteiger partial charge >= 0.3 is 5.97 Å². The quantitative estimate of drug-likeness (QED) is 0.842. The molecule has 1 saturated heterocycles. The van der Waals surface area contributed by atoms with Crippen LogP contribution in [-0.4, -0.2) is 34.0 Å². The number of aliphatic carboxylic acids is 1. The molecule has 0 bridgehead atoms. The summed E-state index contributed by atoms with van der Waals surface area (Å²) in [6.07, 6.45) is 2.77. The Morgan fingerprint density at radius 1 is 1.56 bits per heavy atom. The van der Waals surface area contributed by atoms with E-state index in [1.807, 2.05) is 0 Å². The van der Waals surface area contributed by atoms with Crippen molar-refractivity contribution in [2.24, 2.45) is 0 Å². The Balaban J connectivity index is 1.88. The van der Waals surface area contributed by atoms with Crippen LogP contribution in [0.4, 0.5) is 0 Å². The molecule has 1 amide bonds. The second-order valence-corrected chi connectivity index (χ2v) is 5.42. The zero-order chi connectivity index (χ0) is 13.0. The number of aryl methyl sites for hydroxylation is 1. The summed E-state index contributed by atoms with van der Waals surface area (Å²) in [5, 5.41) is 11.9. The van der Waals surface area contributed by atoms with Gasteiger partial charge in [-0.05, 0) is 24.3 Å². The maximum atomic E-state index is 11.8. The topological polar surface area (TPSA) is 79.5 Å². The van der Waals surface area contributed by atoms with Crippen molar-refractivity contribution in [1.29, 1.82) is 0 Å². The predicted octanol–water partition coefficient (Wildman–Crippen LogP) is 1.29. The van der Waals surface area contributed by atoms with Crippen molar-refractivity contribution in [1.82, 2.24) is 5.32 Å². The number of furan rings is 1. The molecular weight excluding hydrogens is 254 g/mol. The van der Waals surface area contributed by atoms with E-state index in [1.54, 1.807) is 30.2 Å². The summed E-state index contributed by atoms with van der Waals surface area (Å²) in [5.41, 5.74) is -1.08. The van der Waals surface area contributed by atoms with Gasteiger partial charge in [0, 0.05) is 18.6 Å². The second kappa shape index (κ2) is 5.48. The van der Waals surface area contributed by atoms with E-state index in [-0.39, 0.29) is 12.3 Å². The highest BCUT2D eigenvalue weighted by atomic mass is 32.2. The average molecular weight is 269 g/mol. The number of hydrogen-bond donors (Lipinski definition) is 2. The van der Waals surface area contributed by atoms with Crippen molar-refractivity contribution in [3.05, 3.63) is 24.2 Å². The molecule has 1 aromatic heterocycles. The molecule has 1 fully saturated rings. The lowest BCUT2D eigenvalue weighted by atomic mass is 9.99. The Hall–Kier alpha value is -1.43. The Kier molecular flexibility index (Phi) is 3.96. The normalized spacial score (nSPS) is 22.9. The maximum Gasteiger partial charge on any atom is 0.330 e. The first-order chi connectivity index (χ1) is 8.62. The van der Waals surface area contributed by atoms with E-state index in [0.717, 1.165) is 11.5 Å². The fraction of sp³-hybridized carbons (Fsp3) is 0.500. The van der Waals surface area contributed by atoms with E-state index in [2.05, 4.69) is 5.32 Å². The molecule has 0 radical (unpaired) electrons. The lowest BCUT2D eigenvalue weighted by Crippen LogP contribution is -2.54. The van der Waals surface area contributed by atoms with Crippen LogP contribution < -0.4 is 5.32 Å². The van der Waals surface area contributed by atoms with Crippen LogP contribution in [-0.2, 0) is 16.0 Å². The molecule has 0 aromatic carbocycles. The SMILES string of the molecule is O=C(CCc1ccco1)N[C@@]1(C(=O)O)CCSC1.